The molecule has 3 N–H and O–H groups in total. The van der Waals surface area contributed by atoms with E-state index in [0.717, 1.165) is 96.3 Å². The van der Waals surface area contributed by atoms with Gasteiger partial charge in [0.15, 0.2) is 6.10 Å². The minimum Gasteiger partial charge on any atom is -0.462 e. The summed E-state index contributed by atoms with van der Waals surface area (Å²) in [6.45, 7) is 3.66. The Labute approximate surface area is 524 Å². The van der Waals surface area contributed by atoms with Crippen LogP contribution in [0, 0.1) is 0 Å². The van der Waals surface area contributed by atoms with Crippen LogP contribution in [0.1, 0.15) is 322 Å². The largest absolute Gasteiger partial charge is 0.472 e. The Morgan fingerprint density at radius 2 is 0.647 bits per heavy atom. The van der Waals surface area contributed by atoms with E-state index < -0.39 is 26.5 Å². The summed E-state index contributed by atoms with van der Waals surface area (Å²) >= 11 is 0. The highest BCUT2D eigenvalue weighted by Gasteiger charge is 2.26. The first kappa shape index (κ1) is 81.7. The molecule has 0 aromatic rings. The number of phosphoric acid groups is 1. The van der Waals surface area contributed by atoms with Gasteiger partial charge in [-0.25, -0.2) is 4.57 Å². The van der Waals surface area contributed by atoms with Gasteiger partial charge in [-0.1, -0.05) is 316 Å². The number of carbonyl (C=O) groups is 2. The molecule has 0 aromatic carbocycles. The van der Waals surface area contributed by atoms with Crippen LogP contribution in [0.3, 0.4) is 0 Å². The standard InChI is InChI=1S/C75H132NO8P/c1-3-5-7-9-11-13-15-17-19-21-23-25-27-29-31-33-34-35-36-37-38-40-42-44-46-48-50-52-54-56-58-60-62-64-66-68-75(78)84-73(72-83-85(79,80)82-70-69-76)71-81-74(77)67-65-63-61-59-57-55-53-51-49-47-45-43-41-39-32-30-28-26-24-22-20-18-16-14-12-10-8-6-4-2/h5,7,11,13,17,19,22-25,29,31,34-35,37-38,42,44,73H,3-4,6,8-10,12,14-16,18,20-21,26-28,30,32-33,36,39-41,43,45-72,76H2,1-2H3,(H,79,80)/b7-5-,13-11-,19-17-,24-22-,25-23-,31-29-,35-34-,38-37-,44-42-. The van der Waals surface area contributed by atoms with Crippen LogP contribution in [0.5, 0.6) is 0 Å². The molecule has 0 rings (SSSR count). The number of nitrogens with two attached hydrogens (primary N) is 1. The lowest BCUT2D eigenvalue weighted by atomic mass is 10.0. The predicted octanol–water partition coefficient (Wildman–Crippen LogP) is 23.3. The zero-order valence-electron chi connectivity index (χ0n) is 55.1. The zero-order chi connectivity index (χ0) is 61.6. The van der Waals surface area contributed by atoms with Crippen molar-refractivity contribution in [2.75, 3.05) is 26.4 Å². The Morgan fingerprint density at radius 3 is 0.976 bits per heavy atom. The van der Waals surface area contributed by atoms with Crippen LogP contribution in [-0.4, -0.2) is 49.3 Å². The first-order valence-corrected chi connectivity index (χ1v) is 36.9. The van der Waals surface area contributed by atoms with Crippen molar-refractivity contribution in [3.63, 3.8) is 0 Å². The van der Waals surface area contributed by atoms with Gasteiger partial charge in [0.2, 0.25) is 0 Å². The maximum atomic E-state index is 12.8. The molecule has 0 radical (unpaired) electrons. The summed E-state index contributed by atoms with van der Waals surface area (Å²) in [5.41, 5.74) is 5.40. The van der Waals surface area contributed by atoms with E-state index in [4.69, 9.17) is 24.3 Å². The quantitative estimate of drug-likeness (QED) is 0.0264. The van der Waals surface area contributed by atoms with Crippen molar-refractivity contribution >= 4 is 19.8 Å². The highest BCUT2D eigenvalue weighted by Crippen LogP contribution is 2.43. The van der Waals surface area contributed by atoms with E-state index in [1.807, 2.05) is 0 Å². The third-order valence-electron chi connectivity index (χ3n) is 15.1. The van der Waals surface area contributed by atoms with Crippen LogP contribution in [0.4, 0.5) is 0 Å². The van der Waals surface area contributed by atoms with Gasteiger partial charge >= 0.3 is 19.8 Å². The third-order valence-corrected chi connectivity index (χ3v) is 16.1. The average Bonchev–Trinajstić information content (AvgIpc) is 3.52. The minimum absolute atomic E-state index is 0.0494. The van der Waals surface area contributed by atoms with Gasteiger partial charge in [-0.3, -0.25) is 18.6 Å². The molecule has 0 aromatic heterocycles. The first-order chi connectivity index (χ1) is 41.8. The lowest BCUT2D eigenvalue weighted by Crippen LogP contribution is -2.29. The Hall–Kier alpha value is -3.33. The molecular formula is C75H132NO8P. The fraction of sp³-hybridized carbons (Fsp3) is 0.733. The summed E-state index contributed by atoms with van der Waals surface area (Å²) < 4.78 is 33.2. The van der Waals surface area contributed by atoms with Gasteiger partial charge < -0.3 is 20.1 Å². The zero-order valence-corrected chi connectivity index (χ0v) is 56.0. The van der Waals surface area contributed by atoms with Crippen LogP contribution in [0.2, 0.25) is 0 Å². The van der Waals surface area contributed by atoms with Crippen LogP contribution < -0.4 is 5.73 Å². The summed E-state index contributed by atoms with van der Waals surface area (Å²) in [5.74, 6) is -0.826. The molecule has 9 nitrogen and oxygen atoms in total. The van der Waals surface area contributed by atoms with Crippen LogP contribution in [0.25, 0.3) is 0 Å². The predicted molar refractivity (Wildman–Crippen MR) is 367 cm³/mol. The molecule has 0 aliphatic heterocycles. The van der Waals surface area contributed by atoms with E-state index in [0.29, 0.717) is 6.42 Å². The summed E-state index contributed by atoms with van der Waals surface area (Å²) in [7, 11) is -4.40. The SMILES string of the molecule is CC/C=C\C/C=C\C/C=C\C/C=C\C/C=C\C/C=C\C/C=C\C/C=C\CCCCCCCCCCCCC(=O)OC(COC(=O)CCCCCCCCCCCCCCCCCCC/C=C\CCCCCCCCCC)COP(=O)(O)OCCN. The lowest BCUT2D eigenvalue weighted by Gasteiger charge is -2.19. The number of phosphoric ester groups is 1. The van der Waals surface area contributed by atoms with E-state index >= 15 is 0 Å². The van der Waals surface area contributed by atoms with Gasteiger partial charge in [0.05, 0.1) is 13.2 Å². The number of hydrogen-bond donors (Lipinski definition) is 2. The van der Waals surface area contributed by atoms with Crippen molar-refractivity contribution in [2.45, 2.75) is 328 Å². The van der Waals surface area contributed by atoms with E-state index in [-0.39, 0.29) is 38.6 Å². The van der Waals surface area contributed by atoms with E-state index in [9.17, 15) is 19.0 Å². The maximum Gasteiger partial charge on any atom is 0.472 e. The normalized spacial score (nSPS) is 13.6. The van der Waals surface area contributed by atoms with Gasteiger partial charge in [-0.2, -0.15) is 0 Å². The molecule has 85 heavy (non-hydrogen) atoms. The second-order valence-corrected chi connectivity index (χ2v) is 24.8. The number of hydrogen-bond acceptors (Lipinski definition) is 8. The van der Waals surface area contributed by atoms with Crippen LogP contribution in [0.15, 0.2) is 109 Å². The molecule has 0 fully saturated rings. The highest BCUT2D eigenvalue weighted by molar-refractivity contribution is 7.47. The van der Waals surface area contributed by atoms with Crippen molar-refractivity contribution < 1.29 is 37.6 Å². The van der Waals surface area contributed by atoms with Crippen molar-refractivity contribution in [2.24, 2.45) is 5.73 Å². The molecule has 0 saturated carbocycles. The van der Waals surface area contributed by atoms with Gasteiger partial charge in [-0.05, 0) is 103 Å². The number of allylic oxidation sites excluding steroid dienone is 18. The Morgan fingerprint density at radius 1 is 0.365 bits per heavy atom. The summed E-state index contributed by atoms with van der Waals surface area (Å²) in [4.78, 5) is 35.4. The molecule has 490 valence electrons. The molecule has 0 spiro atoms. The second-order valence-electron chi connectivity index (χ2n) is 23.4. The van der Waals surface area contributed by atoms with Crippen LogP contribution in [-0.2, 0) is 32.7 Å². The minimum atomic E-state index is -4.40. The van der Waals surface area contributed by atoms with Crippen molar-refractivity contribution in [1.82, 2.24) is 0 Å². The first-order valence-electron chi connectivity index (χ1n) is 35.4. The van der Waals surface area contributed by atoms with Gasteiger partial charge in [0.1, 0.15) is 6.61 Å². The smallest absolute Gasteiger partial charge is 0.462 e. The molecule has 0 aliphatic carbocycles. The van der Waals surface area contributed by atoms with Gasteiger partial charge in [0, 0.05) is 19.4 Å². The van der Waals surface area contributed by atoms with Crippen molar-refractivity contribution in [3.8, 4) is 0 Å². The molecular weight excluding hydrogens is 1070 g/mol. The molecule has 0 aliphatic rings. The third kappa shape index (κ3) is 69.6. The van der Waals surface area contributed by atoms with Crippen molar-refractivity contribution in [1.29, 1.82) is 0 Å². The fourth-order valence-corrected chi connectivity index (χ4v) is 10.7. The summed E-state index contributed by atoms with van der Waals surface area (Å²) in [6, 6.07) is 0. The average molecular weight is 1210 g/mol. The van der Waals surface area contributed by atoms with E-state index in [1.165, 1.54) is 193 Å². The maximum absolute atomic E-state index is 12.8. The molecule has 0 heterocycles. The number of rotatable bonds is 66. The topological polar surface area (TPSA) is 134 Å². The number of esters is 2. The molecule has 2 unspecified atom stereocenters. The summed E-state index contributed by atoms with van der Waals surface area (Å²) in [5, 5.41) is 0. The summed E-state index contributed by atoms with van der Waals surface area (Å²) in [6.07, 6.45) is 96.1. The lowest BCUT2D eigenvalue weighted by molar-refractivity contribution is -0.161. The second kappa shape index (κ2) is 69.8. The fourth-order valence-electron chi connectivity index (χ4n) is 9.94. The molecule has 2 atom stereocenters. The monoisotopic (exact) mass is 1210 g/mol. The molecule has 0 bridgehead atoms. The Bertz CT molecular complexity index is 1760. The molecule has 10 heteroatoms. The highest BCUT2D eigenvalue weighted by atomic mass is 31.2. The Balaban J connectivity index is 3.91. The van der Waals surface area contributed by atoms with Gasteiger partial charge in [0.25, 0.3) is 0 Å². The molecule has 0 saturated heterocycles. The number of unbranched alkanes of at least 4 members (excludes halogenated alkanes) is 35. The number of carbonyl (C=O) groups excluding carboxylic acids is 2. The number of ether oxygens (including phenoxy) is 2. The Kier molecular flexibility index (Phi) is 67.0. The molecule has 0 amide bonds. The van der Waals surface area contributed by atoms with Gasteiger partial charge in [-0.15, -0.1) is 0 Å². The van der Waals surface area contributed by atoms with Crippen LogP contribution >= 0.6 is 7.82 Å². The van der Waals surface area contributed by atoms with E-state index in [1.54, 1.807) is 0 Å². The van der Waals surface area contributed by atoms with E-state index in [2.05, 4.69) is 123 Å². The van der Waals surface area contributed by atoms with Crippen molar-refractivity contribution in [3.05, 3.63) is 109 Å².